The third-order valence-corrected chi connectivity index (χ3v) is 4.54. The molecule has 0 amide bonds. The lowest BCUT2D eigenvalue weighted by molar-refractivity contribution is 0.304. The molecule has 1 aliphatic heterocycles. The zero-order valence-electron chi connectivity index (χ0n) is 14.3. The molecule has 8 nitrogen and oxygen atoms in total. The molecule has 0 unspecified atom stereocenters. The second kappa shape index (κ2) is 8.72. The molecule has 0 fully saturated rings. The Hall–Kier alpha value is -2.26. The lowest BCUT2D eigenvalue weighted by atomic mass is 10.2. The molecule has 134 valence electrons. The number of rotatable bonds is 9. The van der Waals surface area contributed by atoms with Gasteiger partial charge in [-0.05, 0) is 55.7 Å². The van der Waals surface area contributed by atoms with Crippen LogP contribution in [0.2, 0.25) is 0 Å². The van der Waals surface area contributed by atoms with Crippen LogP contribution in [0, 0.1) is 0 Å². The van der Waals surface area contributed by atoms with E-state index in [1.54, 1.807) is 9.21 Å². The molecule has 9 heteroatoms. The van der Waals surface area contributed by atoms with Gasteiger partial charge in [-0.15, -0.1) is 10.2 Å². The van der Waals surface area contributed by atoms with Crippen LogP contribution in [0.25, 0.3) is 11.4 Å². The first-order valence-corrected chi connectivity index (χ1v) is 9.15. The molecule has 2 heterocycles. The van der Waals surface area contributed by atoms with Crippen molar-refractivity contribution in [3.05, 3.63) is 36.7 Å². The first kappa shape index (κ1) is 17.6. The molecule has 1 aromatic heterocycles. The number of benzene rings is 1. The molecule has 0 aliphatic carbocycles. The summed E-state index contributed by atoms with van der Waals surface area (Å²) >= 11 is 1.51. The van der Waals surface area contributed by atoms with Gasteiger partial charge >= 0.3 is 0 Å². The van der Waals surface area contributed by atoms with E-state index >= 15 is 0 Å². The highest BCUT2D eigenvalue weighted by atomic mass is 32.2. The van der Waals surface area contributed by atoms with Gasteiger partial charge in [0.1, 0.15) is 5.75 Å². The van der Waals surface area contributed by atoms with Crippen LogP contribution in [-0.4, -0.2) is 42.1 Å². The number of nitrogens with zero attached hydrogens (tertiary/aromatic N) is 6. The van der Waals surface area contributed by atoms with Gasteiger partial charge in [0.2, 0.25) is 5.82 Å². The Bertz CT molecular complexity index is 688. The second-order valence-corrected chi connectivity index (χ2v) is 6.67. The molecule has 0 saturated carbocycles. The van der Waals surface area contributed by atoms with Gasteiger partial charge in [-0.3, -0.25) is 0 Å². The number of tetrazole rings is 1. The first-order valence-electron chi connectivity index (χ1n) is 8.42. The molecule has 1 aliphatic rings. The molecule has 2 aromatic rings. The minimum atomic E-state index is 0.637. The van der Waals surface area contributed by atoms with Crippen molar-refractivity contribution in [1.29, 1.82) is 0 Å². The standard InChI is InChI=1S/C16H23N7OS/c1-2-23-19-16(18-20-23)14-6-8-15(9-7-14)24-13-5-3-4-10-21-11-12-22(17)25-21/h6-9,11-12H,2-5,10,13,17H2,1H3. The first-order chi connectivity index (χ1) is 12.2. The molecule has 25 heavy (non-hydrogen) atoms. The summed E-state index contributed by atoms with van der Waals surface area (Å²) in [5.41, 5.74) is 0.942. The predicted molar refractivity (Wildman–Crippen MR) is 97.7 cm³/mol. The van der Waals surface area contributed by atoms with Crippen LogP contribution in [0.3, 0.4) is 0 Å². The predicted octanol–water partition coefficient (Wildman–Crippen LogP) is 2.43. The van der Waals surface area contributed by atoms with Gasteiger partial charge in [-0.1, -0.05) is 0 Å². The summed E-state index contributed by atoms with van der Waals surface area (Å²) < 4.78 is 9.52. The summed E-state index contributed by atoms with van der Waals surface area (Å²) in [7, 11) is 0. The number of aromatic nitrogens is 4. The van der Waals surface area contributed by atoms with Gasteiger partial charge < -0.3 is 9.04 Å². The van der Waals surface area contributed by atoms with Crippen molar-refractivity contribution in [3.8, 4) is 17.1 Å². The quantitative estimate of drug-likeness (QED) is 0.414. The summed E-state index contributed by atoms with van der Waals surface area (Å²) in [5.74, 6) is 7.13. The highest BCUT2D eigenvalue weighted by Crippen LogP contribution is 2.21. The fraction of sp³-hybridized carbons (Fsp3) is 0.438. The van der Waals surface area contributed by atoms with Crippen molar-refractivity contribution in [3.63, 3.8) is 0 Å². The van der Waals surface area contributed by atoms with E-state index in [0.717, 1.165) is 43.7 Å². The maximum Gasteiger partial charge on any atom is 0.204 e. The number of hydrazine groups is 1. The van der Waals surface area contributed by atoms with E-state index in [9.17, 15) is 0 Å². The monoisotopic (exact) mass is 361 g/mol. The van der Waals surface area contributed by atoms with Crippen LogP contribution >= 0.6 is 12.1 Å². The maximum atomic E-state index is 5.79. The third kappa shape index (κ3) is 5.10. The second-order valence-electron chi connectivity index (χ2n) is 5.62. The molecule has 0 radical (unpaired) electrons. The van der Waals surface area contributed by atoms with Gasteiger partial charge in [0.05, 0.1) is 25.3 Å². The molecule has 0 bridgehead atoms. The average Bonchev–Trinajstić information content (AvgIpc) is 3.27. The fourth-order valence-electron chi connectivity index (χ4n) is 2.36. The van der Waals surface area contributed by atoms with Gasteiger partial charge in [0.25, 0.3) is 0 Å². The average molecular weight is 361 g/mol. The number of nitrogens with two attached hydrogens (primary N) is 1. The Morgan fingerprint density at radius 3 is 2.64 bits per heavy atom. The Balaban J connectivity index is 1.34. The SMILES string of the molecule is CCn1nnc(-c2ccc(OCCCCCN3C=CN(N)S3)cc2)n1. The molecule has 3 rings (SSSR count). The van der Waals surface area contributed by atoms with Crippen LogP contribution in [-0.2, 0) is 6.54 Å². The lowest BCUT2D eigenvalue weighted by Crippen LogP contribution is -2.17. The van der Waals surface area contributed by atoms with Crippen molar-refractivity contribution in [2.45, 2.75) is 32.7 Å². The van der Waals surface area contributed by atoms with E-state index in [1.807, 2.05) is 43.6 Å². The lowest BCUT2D eigenvalue weighted by Gasteiger charge is -2.15. The van der Waals surface area contributed by atoms with Crippen LogP contribution in [0.5, 0.6) is 5.75 Å². The van der Waals surface area contributed by atoms with E-state index in [1.165, 1.54) is 12.1 Å². The Labute approximate surface area is 151 Å². The number of hydrogen-bond donors (Lipinski definition) is 1. The molecule has 0 saturated heterocycles. The molecular formula is C16H23N7OS. The van der Waals surface area contributed by atoms with E-state index in [0.29, 0.717) is 12.4 Å². The molecular weight excluding hydrogens is 338 g/mol. The smallest absolute Gasteiger partial charge is 0.204 e. The maximum absolute atomic E-state index is 5.79. The number of ether oxygens (including phenoxy) is 1. The molecule has 2 N–H and O–H groups in total. The Morgan fingerprint density at radius 1 is 1.12 bits per heavy atom. The van der Waals surface area contributed by atoms with Crippen molar-refractivity contribution in [2.24, 2.45) is 5.84 Å². The summed E-state index contributed by atoms with van der Waals surface area (Å²) in [6.45, 7) is 4.41. The highest BCUT2D eigenvalue weighted by Gasteiger charge is 2.09. The summed E-state index contributed by atoms with van der Waals surface area (Å²) in [6.07, 6.45) is 7.12. The van der Waals surface area contributed by atoms with Gasteiger partial charge in [0, 0.05) is 24.5 Å². The van der Waals surface area contributed by atoms with Crippen LogP contribution in [0.15, 0.2) is 36.7 Å². The number of hydrogen-bond acceptors (Lipinski definition) is 8. The van der Waals surface area contributed by atoms with Crippen molar-refractivity contribution in [1.82, 2.24) is 28.9 Å². The largest absolute Gasteiger partial charge is 0.494 e. The van der Waals surface area contributed by atoms with Gasteiger partial charge in [0.15, 0.2) is 0 Å². The fourth-order valence-corrected chi connectivity index (χ4v) is 3.03. The van der Waals surface area contributed by atoms with E-state index < -0.39 is 0 Å². The molecule has 1 aromatic carbocycles. The Kier molecular flexibility index (Phi) is 6.13. The molecule has 0 spiro atoms. The number of aryl methyl sites for hydroxylation is 1. The van der Waals surface area contributed by atoms with Gasteiger partial charge in [-0.2, -0.15) is 4.80 Å². The van der Waals surface area contributed by atoms with Crippen molar-refractivity contribution >= 4 is 12.1 Å². The normalized spacial score (nSPS) is 13.7. The minimum Gasteiger partial charge on any atom is -0.494 e. The summed E-state index contributed by atoms with van der Waals surface area (Å²) in [6, 6.07) is 7.82. The zero-order valence-corrected chi connectivity index (χ0v) is 15.1. The minimum absolute atomic E-state index is 0.637. The molecule has 0 atom stereocenters. The van der Waals surface area contributed by atoms with Crippen LogP contribution in [0.4, 0.5) is 0 Å². The third-order valence-electron chi connectivity index (χ3n) is 3.72. The van der Waals surface area contributed by atoms with E-state index in [4.69, 9.17) is 10.6 Å². The zero-order chi connectivity index (χ0) is 17.5. The Morgan fingerprint density at radius 2 is 1.96 bits per heavy atom. The van der Waals surface area contributed by atoms with Crippen LogP contribution in [0.1, 0.15) is 26.2 Å². The van der Waals surface area contributed by atoms with Crippen molar-refractivity contribution < 1.29 is 4.74 Å². The summed E-state index contributed by atoms with van der Waals surface area (Å²) in [4.78, 5) is 1.57. The van der Waals surface area contributed by atoms with Crippen molar-refractivity contribution in [2.75, 3.05) is 13.2 Å². The highest BCUT2D eigenvalue weighted by molar-refractivity contribution is 7.95. The topological polar surface area (TPSA) is 85.3 Å². The summed E-state index contributed by atoms with van der Waals surface area (Å²) in [5, 5.41) is 12.3. The van der Waals surface area contributed by atoms with Gasteiger partial charge in [-0.25, -0.2) is 10.3 Å². The van der Waals surface area contributed by atoms with E-state index in [2.05, 4.69) is 19.7 Å². The van der Waals surface area contributed by atoms with Crippen LogP contribution < -0.4 is 10.6 Å². The number of unbranched alkanes of at least 4 members (excludes halogenated alkanes) is 2. The van der Waals surface area contributed by atoms with E-state index in [-0.39, 0.29) is 0 Å².